The minimum atomic E-state index is -3.32. The highest BCUT2D eigenvalue weighted by Gasteiger charge is 2.12. The van der Waals surface area contributed by atoms with Gasteiger partial charge in [0.15, 0.2) is 5.96 Å². The van der Waals surface area contributed by atoms with Crippen LogP contribution < -0.4 is 15.8 Å². The summed E-state index contributed by atoms with van der Waals surface area (Å²) in [7, 11) is -3.32. The SMILES string of the molecule is Cc1cccc(NC(N)=NCc2ccc(CS(=O)(=O)NC(C)C)cc2)c1. The van der Waals surface area contributed by atoms with Crippen LogP contribution in [0, 0.1) is 6.92 Å². The van der Waals surface area contributed by atoms with Gasteiger partial charge in [-0.2, -0.15) is 0 Å². The lowest BCUT2D eigenvalue weighted by molar-refractivity contribution is 0.569. The van der Waals surface area contributed by atoms with Crippen LogP contribution in [0.5, 0.6) is 0 Å². The normalized spacial score (nSPS) is 12.4. The zero-order chi connectivity index (χ0) is 19.2. The maximum Gasteiger partial charge on any atom is 0.216 e. The molecular weight excluding hydrogens is 348 g/mol. The quantitative estimate of drug-likeness (QED) is 0.513. The van der Waals surface area contributed by atoms with Crippen molar-refractivity contribution >= 4 is 21.7 Å². The third-order valence-electron chi connectivity index (χ3n) is 3.52. The molecule has 0 spiro atoms. The molecule has 0 fully saturated rings. The van der Waals surface area contributed by atoms with Gasteiger partial charge in [-0.25, -0.2) is 18.1 Å². The minimum absolute atomic E-state index is 0.0359. The van der Waals surface area contributed by atoms with Crippen molar-refractivity contribution in [1.29, 1.82) is 0 Å². The van der Waals surface area contributed by atoms with Gasteiger partial charge in [0, 0.05) is 11.7 Å². The van der Waals surface area contributed by atoms with Crippen LogP contribution in [0.4, 0.5) is 5.69 Å². The Morgan fingerprint density at radius 1 is 1.12 bits per heavy atom. The van der Waals surface area contributed by atoms with E-state index in [1.807, 2.05) is 43.3 Å². The molecule has 0 radical (unpaired) electrons. The molecule has 0 aromatic heterocycles. The third kappa shape index (κ3) is 6.85. The van der Waals surface area contributed by atoms with Crippen molar-refractivity contribution in [1.82, 2.24) is 4.72 Å². The van der Waals surface area contributed by atoms with Crippen molar-refractivity contribution in [2.24, 2.45) is 10.7 Å². The summed E-state index contributed by atoms with van der Waals surface area (Å²) in [5.41, 5.74) is 9.64. The van der Waals surface area contributed by atoms with E-state index in [9.17, 15) is 8.42 Å². The largest absolute Gasteiger partial charge is 0.370 e. The first-order valence-corrected chi connectivity index (χ1v) is 10.1. The van der Waals surface area contributed by atoms with Gasteiger partial charge < -0.3 is 11.1 Å². The highest BCUT2D eigenvalue weighted by molar-refractivity contribution is 7.88. The van der Waals surface area contributed by atoms with E-state index in [1.54, 1.807) is 26.0 Å². The van der Waals surface area contributed by atoms with Gasteiger partial charge >= 0.3 is 0 Å². The topological polar surface area (TPSA) is 96.6 Å². The lowest BCUT2D eigenvalue weighted by Crippen LogP contribution is -2.31. The van der Waals surface area contributed by atoms with Crippen molar-refractivity contribution in [2.45, 2.75) is 39.1 Å². The Hall–Kier alpha value is -2.38. The summed E-state index contributed by atoms with van der Waals surface area (Å²) in [5, 5.41) is 3.05. The summed E-state index contributed by atoms with van der Waals surface area (Å²) < 4.78 is 26.5. The molecule has 0 amide bonds. The molecule has 2 rings (SSSR count). The number of nitrogens with one attached hydrogen (secondary N) is 2. The van der Waals surface area contributed by atoms with E-state index in [4.69, 9.17) is 5.73 Å². The van der Waals surface area contributed by atoms with Crippen molar-refractivity contribution in [3.05, 3.63) is 65.2 Å². The second kappa shape index (κ2) is 8.82. The van der Waals surface area contributed by atoms with E-state index < -0.39 is 10.0 Å². The molecule has 0 heterocycles. The zero-order valence-corrected chi connectivity index (χ0v) is 16.2. The van der Waals surface area contributed by atoms with Crippen molar-refractivity contribution in [3.8, 4) is 0 Å². The monoisotopic (exact) mass is 374 g/mol. The molecule has 26 heavy (non-hydrogen) atoms. The Bertz CT molecular complexity index is 859. The van der Waals surface area contributed by atoms with E-state index in [0.29, 0.717) is 12.5 Å². The van der Waals surface area contributed by atoms with Crippen LogP contribution in [0.25, 0.3) is 0 Å². The number of aliphatic imine (C=N–C) groups is 1. The Morgan fingerprint density at radius 2 is 1.77 bits per heavy atom. The smallest absolute Gasteiger partial charge is 0.216 e. The molecule has 0 saturated heterocycles. The second-order valence-corrected chi connectivity index (χ2v) is 8.30. The second-order valence-electron chi connectivity index (χ2n) is 6.54. The number of anilines is 1. The van der Waals surface area contributed by atoms with E-state index in [1.165, 1.54) is 0 Å². The average Bonchev–Trinajstić information content (AvgIpc) is 2.52. The lowest BCUT2D eigenvalue weighted by Gasteiger charge is -2.10. The number of hydrogen-bond acceptors (Lipinski definition) is 3. The van der Waals surface area contributed by atoms with Gasteiger partial charge in [-0.1, -0.05) is 36.4 Å². The fraction of sp³-hybridized carbons (Fsp3) is 0.316. The molecule has 0 atom stereocenters. The summed E-state index contributed by atoms with van der Waals surface area (Å²) in [6, 6.07) is 15.1. The van der Waals surface area contributed by atoms with Crippen LogP contribution in [-0.2, 0) is 22.3 Å². The molecule has 6 nitrogen and oxygen atoms in total. The summed E-state index contributed by atoms with van der Waals surface area (Å²) >= 11 is 0. The van der Waals surface area contributed by atoms with Crippen molar-refractivity contribution in [2.75, 3.05) is 5.32 Å². The number of hydrogen-bond donors (Lipinski definition) is 3. The minimum Gasteiger partial charge on any atom is -0.370 e. The maximum atomic E-state index is 12.0. The Morgan fingerprint density at radius 3 is 2.38 bits per heavy atom. The number of sulfonamides is 1. The molecule has 140 valence electrons. The van der Waals surface area contributed by atoms with Crippen LogP contribution in [0.1, 0.15) is 30.5 Å². The van der Waals surface area contributed by atoms with Gasteiger partial charge in [-0.3, -0.25) is 0 Å². The van der Waals surface area contributed by atoms with Gasteiger partial charge in [0.1, 0.15) is 0 Å². The highest BCUT2D eigenvalue weighted by Crippen LogP contribution is 2.11. The molecule has 7 heteroatoms. The van der Waals surface area contributed by atoms with E-state index in [2.05, 4.69) is 15.0 Å². The molecule has 0 unspecified atom stereocenters. The fourth-order valence-electron chi connectivity index (χ4n) is 2.45. The Kier molecular flexibility index (Phi) is 6.76. The third-order valence-corrected chi connectivity index (χ3v) is 5.06. The number of nitrogens with two attached hydrogens (primary N) is 1. The van der Waals surface area contributed by atoms with Crippen molar-refractivity contribution < 1.29 is 8.42 Å². The van der Waals surface area contributed by atoms with Gasteiger partial charge in [0.2, 0.25) is 10.0 Å². The fourth-order valence-corrected chi connectivity index (χ4v) is 3.88. The van der Waals surface area contributed by atoms with Crippen molar-refractivity contribution in [3.63, 3.8) is 0 Å². The number of rotatable bonds is 7. The van der Waals surface area contributed by atoms with Gasteiger partial charge in [0.05, 0.1) is 12.3 Å². The highest BCUT2D eigenvalue weighted by atomic mass is 32.2. The molecule has 0 bridgehead atoms. The first-order chi connectivity index (χ1) is 12.2. The molecule has 0 aliphatic carbocycles. The van der Waals surface area contributed by atoms with Crippen LogP contribution in [0.2, 0.25) is 0 Å². The summed E-state index contributed by atoms with van der Waals surface area (Å²) in [5.74, 6) is 0.301. The molecule has 0 aliphatic rings. The first kappa shape index (κ1) is 19.9. The van der Waals surface area contributed by atoms with Crippen LogP contribution in [0.15, 0.2) is 53.5 Å². The predicted molar refractivity (Wildman–Crippen MR) is 107 cm³/mol. The van der Waals surface area contributed by atoms with E-state index in [-0.39, 0.29) is 11.8 Å². The molecule has 2 aromatic rings. The molecular formula is C19H26N4O2S. The predicted octanol–water partition coefficient (Wildman–Crippen LogP) is 2.75. The zero-order valence-electron chi connectivity index (χ0n) is 15.4. The molecule has 2 aromatic carbocycles. The maximum absolute atomic E-state index is 12.0. The summed E-state index contributed by atoms with van der Waals surface area (Å²) in [6.45, 7) is 6.03. The lowest BCUT2D eigenvalue weighted by atomic mass is 10.1. The van der Waals surface area contributed by atoms with Gasteiger partial charge in [-0.15, -0.1) is 0 Å². The van der Waals surface area contributed by atoms with E-state index in [0.717, 1.165) is 22.4 Å². The molecule has 0 saturated carbocycles. The van der Waals surface area contributed by atoms with E-state index >= 15 is 0 Å². The standard InChI is InChI=1S/C19H26N4O2S/c1-14(2)23-26(24,25)13-17-9-7-16(8-10-17)12-21-19(20)22-18-6-4-5-15(3)11-18/h4-11,14,23H,12-13H2,1-3H3,(H3,20,21,22). The Balaban J connectivity index is 1.94. The molecule has 0 aliphatic heterocycles. The number of aryl methyl sites for hydroxylation is 1. The van der Waals surface area contributed by atoms with Crippen LogP contribution >= 0.6 is 0 Å². The number of nitrogens with zero attached hydrogens (tertiary/aromatic N) is 1. The molecule has 4 N–H and O–H groups in total. The van der Waals surface area contributed by atoms with Crippen LogP contribution in [-0.4, -0.2) is 20.4 Å². The average molecular weight is 375 g/mol. The van der Waals surface area contributed by atoms with Gasteiger partial charge in [-0.05, 0) is 49.6 Å². The van der Waals surface area contributed by atoms with Crippen LogP contribution in [0.3, 0.4) is 0 Å². The Labute approximate surface area is 155 Å². The van der Waals surface area contributed by atoms with Gasteiger partial charge in [0.25, 0.3) is 0 Å². The first-order valence-electron chi connectivity index (χ1n) is 8.45. The summed E-state index contributed by atoms with van der Waals surface area (Å²) in [4.78, 5) is 4.32. The number of benzene rings is 2. The number of guanidine groups is 1. The summed E-state index contributed by atoms with van der Waals surface area (Å²) in [6.07, 6.45) is 0.